The van der Waals surface area contributed by atoms with Crippen molar-refractivity contribution in [3.63, 3.8) is 0 Å². The summed E-state index contributed by atoms with van der Waals surface area (Å²) in [4.78, 5) is 12.0. The molecule has 0 spiro atoms. The van der Waals surface area contributed by atoms with Crippen molar-refractivity contribution >= 4 is 21.7 Å². The van der Waals surface area contributed by atoms with Crippen molar-refractivity contribution in [3.8, 4) is 5.75 Å². The van der Waals surface area contributed by atoms with Gasteiger partial charge in [-0.15, -0.1) is 0 Å². The molecule has 0 fully saturated rings. The van der Waals surface area contributed by atoms with Crippen LogP contribution in [0.5, 0.6) is 5.75 Å². The Labute approximate surface area is 111 Å². The molecule has 0 saturated heterocycles. The molecule has 0 saturated carbocycles. The minimum Gasteiger partial charge on any atom is -0.496 e. The summed E-state index contributed by atoms with van der Waals surface area (Å²) < 4.78 is 5.96. The molecule has 1 aromatic carbocycles. The van der Waals surface area contributed by atoms with Gasteiger partial charge >= 0.3 is 0 Å². The van der Waals surface area contributed by atoms with Crippen molar-refractivity contribution in [1.29, 1.82) is 0 Å². The number of Topliss-reactive ketones (excluding diaryl/α,β-unsaturated/α-hetero) is 1. The second-order valence-corrected chi connectivity index (χ2v) is 6.19. The molecule has 0 aromatic heterocycles. The van der Waals surface area contributed by atoms with Crippen LogP contribution < -0.4 is 4.74 Å². The third-order valence-electron chi connectivity index (χ3n) is 2.58. The Morgan fingerprint density at radius 1 is 1.35 bits per heavy atom. The van der Waals surface area contributed by atoms with Gasteiger partial charge < -0.3 is 4.74 Å². The first-order valence-electron chi connectivity index (χ1n) is 5.70. The molecule has 0 aliphatic carbocycles. The first-order valence-corrected chi connectivity index (χ1v) is 6.49. The topological polar surface area (TPSA) is 26.3 Å². The lowest BCUT2D eigenvalue weighted by Crippen LogP contribution is -2.09. The molecule has 94 valence electrons. The van der Waals surface area contributed by atoms with Gasteiger partial charge in [-0.1, -0.05) is 20.8 Å². The molecule has 0 atom stereocenters. The van der Waals surface area contributed by atoms with E-state index in [0.717, 1.165) is 22.2 Å². The van der Waals surface area contributed by atoms with Crippen molar-refractivity contribution in [2.75, 3.05) is 7.11 Å². The quantitative estimate of drug-likeness (QED) is 0.767. The third-order valence-corrected chi connectivity index (χ3v) is 3.20. The minimum absolute atomic E-state index is 0.184. The SMILES string of the molecule is COc1ccc(C(=O)CCC(C)(C)C)cc1Br. The number of hydrogen-bond acceptors (Lipinski definition) is 2. The molecule has 0 radical (unpaired) electrons. The lowest BCUT2D eigenvalue weighted by atomic mass is 9.88. The van der Waals surface area contributed by atoms with Crippen LogP contribution in [-0.2, 0) is 0 Å². The Bertz CT molecular complexity index is 405. The molecule has 1 aromatic rings. The highest BCUT2D eigenvalue weighted by Gasteiger charge is 2.14. The van der Waals surface area contributed by atoms with E-state index in [-0.39, 0.29) is 11.2 Å². The molecular formula is C14H19BrO2. The number of benzene rings is 1. The number of carbonyl (C=O) groups excluding carboxylic acids is 1. The summed E-state index contributed by atoms with van der Waals surface area (Å²) in [6.07, 6.45) is 1.48. The van der Waals surface area contributed by atoms with Gasteiger partial charge in [0.05, 0.1) is 11.6 Å². The highest BCUT2D eigenvalue weighted by atomic mass is 79.9. The third kappa shape index (κ3) is 4.50. The number of hydrogen-bond donors (Lipinski definition) is 0. The average molecular weight is 299 g/mol. The zero-order valence-electron chi connectivity index (χ0n) is 10.8. The zero-order valence-corrected chi connectivity index (χ0v) is 12.4. The maximum Gasteiger partial charge on any atom is 0.162 e. The molecule has 17 heavy (non-hydrogen) atoms. The number of carbonyl (C=O) groups is 1. The normalized spacial score (nSPS) is 11.4. The summed E-state index contributed by atoms with van der Waals surface area (Å²) in [6, 6.07) is 5.45. The van der Waals surface area contributed by atoms with Crippen molar-refractivity contribution in [2.24, 2.45) is 5.41 Å². The summed E-state index contributed by atoms with van der Waals surface area (Å²) in [5, 5.41) is 0. The van der Waals surface area contributed by atoms with Crippen molar-refractivity contribution in [3.05, 3.63) is 28.2 Å². The molecule has 1 rings (SSSR count). The molecular weight excluding hydrogens is 280 g/mol. The van der Waals surface area contributed by atoms with E-state index >= 15 is 0 Å². The van der Waals surface area contributed by atoms with Crippen molar-refractivity contribution in [2.45, 2.75) is 33.6 Å². The fourth-order valence-electron chi connectivity index (χ4n) is 1.47. The van der Waals surface area contributed by atoms with E-state index in [0.29, 0.717) is 6.42 Å². The van der Waals surface area contributed by atoms with E-state index in [1.54, 1.807) is 7.11 Å². The maximum absolute atomic E-state index is 12.0. The van der Waals surface area contributed by atoms with Crippen LogP contribution in [0.25, 0.3) is 0 Å². The summed E-state index contributed by atoms with van der Waals surface area (Å²) >= 11 is 3.39. The van der Waals surface area contributed by atoms with E-state index in [4.69, 9.17) is 4.74 Å². The van der Waals surface area contributed by atoms with E-state index < -0.39 is 0 Å². The molecule has 0 heterocycles. The number of ketones is 1. The number of rotatable bonds is 4. The minimum atomic E-state index is 0.184. The monoisotopic (exact) mass is 298 g/mol. The highest BCUT2D eigenvalue weighted by Crippen LogP contribution is 2.27. The largest absolute Gasteiger partial charge is 0.496 e. The van der Waals surface area contributed by atoms with Crippen molar-refractivity contribution in [1.82, 2.24) is 0 Å². The Morgan fingerprint density at radius 2 is 2.00 bits per heavy atom. The summed E-state index contributed by atoms with van der Waals surface area (Å²) in [7, 11) is 1.61. The van der Waals surface area contributed by atoms with Gasteiger partial charge in [0.25, 0.3) is 0 Å². The first-order chi connectivity index (χ1) is 7.83. The Hall–Kier alpha value is -0.830. The molecule has 0 aliphatic rings. The van der Waals surface area contributed by atoms with Gasteiger partial charge in [0.15, 0.2) is 5.78 Å². The Balaban J connectivity index is 2.73. The van der Waals surface area contributed by atoms with Crippen LogP contribution in [-0.4, -0.2) is 12.9 Å². The number of halogens is 1. The van der Waals surface area contributed by atoms with Gasteiger partial charge in [-0.25, -0.2) is 0 Å². The summed E-state index contributed by atoms with van der Waals surface area (Å²) in [5.74, 6) is 0.931. The van der Waals surface area contributed by atoms with Crippen LogP contribution >= 0.6 is 15.9 Å². The van der Waals surface area contributed by atoms with Gasteiger partial charge in [0.2, 0.25) is 0 Å². The highest BCUT2D eigenvalue weighted by molar-refractivity contribution is 9.10. The van der Waals surface area contributed by atoms with E-state index in [1.807, 2.05) is 18.2 Å². The van der Waals surface area contributed by atoms with E-state index in [2.05, 4.69) is 36.7 Å². The Morgan fingerprint density at radius 3 is 2.47 bits per heavy atom. The molecule has 3 heteroatoms. The van der Waals surface area contributed by atoms with Crippen molar-refractivity contribution < 1.29 is 9.53 Å². The van der Waals surface area contributed by atoms with E-state index in [9.17, 15) is 4.79 Å². The van der Waals surface area contributed by atoms with Crippen LogP contribution in [0, 0.1) is 5.41 Å². The van der Waals surface area contributed by atoms with Gasteiger partial charge in [-0.3, -0.25) is 4.79 Å². The van der Waals surface area contributed by atoms with Crippen LogP contribution in [0.2, 0.25) is 0 Å². The van der Waals surface area contributed by atoms with Gasteiger partial charge in [0.1, 0.15) is 5.75 Å². The first kappa shape index (κ1) is 14.2. The van der Waals surface area contributed by atoms with Crippen LogP contribution in [0.15, 0.2) is 22.7 Å². The zero-order chi connectivity index (χ0) is 13.1. The van der Waals surface area contributed by atoms with Crippen LogP contribution in [0.4, 0.5) is 0 Å². The molecule has 0 unspecified atom stereocenters. The fraction of sp³-hybridized carbons (Fsp3) is 0.500. The van der Waals surface area contributed by atoms with E-state index in [1.165, 1.54) is 0 Å². The summed E-state index contributed by atoms with van der Waals surface area (Å²) in [5.41, 5.74) is 0.932. The molecule has 2 nitrogen and oxygen atoms in total. The smallest absolute Gasteiger partial charge is 0.162 e. The maximum atomic E-state index is 12.0. The second-order valence-electron chi connectivity index (χ2n) is 5.33. The molecule has 0 amide bonds. The average Bonchev–Trinajstić information content (AvgIpc) is 2.24. The standard InChI is InChI=1S/C14H19BrO2/c1-14(2,3)8-7-12(16)10-5-6-13(17-4)11(15)9-10/h5-6,9H,7-8H2,1-4H3. The predicted octanol–water partition coefficient (Wildman–Crippen LogP) is 4.47. The predicted molar refractivity (Wildman–Crippen MR) is 73.7 cm³/mol. The van der Waals surface area contributed by atoms with Gasteiger partial charge in [0, 0.05) is 12.0 Å². The van der Waals surface area contributed by atoms with Crippen LogP contribution in [0.1, 0.15) is 44.0 Å². The van der Waals surface area contributed by atoms with Gasteiger partial charge in [-0.2, -0.15) is 0 Å². The van der Waals surface area contributed by atoms with Crippen LogP contribution in [0.3, 0.4) is 0 Å². The molecule has 0 bridgehead atoms. The second kappa shape index (κ2) is 5.67. The molecule has 0 aliphatic heterocycles. The summed E-state index contributed by atoms with van der Waals surface area (Å²) in [6.45, 7) is 6.43. The number of methoxy groups -OCH3 is 1. The lowest BCUT2D eigenvalue weighted by molar-refractivity contribution is 0.0966. The molecule has 0 N–H and O–H groups in total. The Kier molecular flexibility index (Phi) is 4.75. The number of ether oxygens (including phenoxy) is 1. The lowest BCUT2D eigenvalue weighted by Gasteiger charge is -2.17. The van der Waals surface area contributed by atoms with Gasteiger partial charge in [-0.05, 0) is 46.0 Å². The fourth-order valence-corrected chi connectivity index (χ4v) is 2.01.